The maximum atomic E-state index is 13.1. The van der Waals surface area contributed by atoms with E-state index in [1.807, 2.05) is 62.4 Å². The van der Waals surface area contributed by atoms with Crippen molar-refractivity contribution in [1.29, 1.82) is 0 Å². The summed E-state index contributed by atoms with van der Waals surface area (Å²) >= 11 is 0. The van der Waals surface area contributed by atoms with Crippen LogP contribution >= 0.6 is 0 Å². The number of aryl methyl sites for hydroxylation is 1. The highest BCUT2D eigenvalue weighted by atomic mass is 16.2. The van der Waals surface area contributed by atoms with Crippen LogP contribution in [0, 0.1) is 6.92 Å². The van der Waals surface area contributed by atoms with Gasteiger partial charge in [-0.15, -0.1) is 0 Å². The molecule has 5 heteroatoms. The number of carbonyl (C=O) groups excluding carboxylic acids is 2. The zero-order valence-corrected chi connectivity index (χ0v) is 15.8. The van der Waals surface area contributed by atoms with Crippen LogP contribution in [-0.2, 0) is 6.42 Å². The Morgan fingerprint density at radius 3 is 2.54 bits per heavy atom. The van der Waals surface area contributed by atoms with Gasteiger partial charge in [0.2, 0.25) is 0 Å². The third-order valence-corrected chi connectivity index (χ3v) is 4.98. The van der Waals surface area contributed by atoms with Gasteiger partial charge in [0.1, 0.15) is 0 Å². The van der Waals surface area contributed by atoms with Gasteiger partial charge >= 0.3 is 0 Å². The number of rotatable bonds is 3. The van der Waals surface area contributed by atoms with Crippen molar-refractivity contribution in [3.05, 3.63) is 89.2 Å². The number of pyridine rings is 1. The highest BCUT2D eigenvalue weighted by Gasteiger charge is 2.31. The number of fused-ring (bicyclic) bond motifs is 1. The van der Waals surface area contributed by atoms with Crippen LogP contribution in [0.5, 0.6) is 0 Å². The lowest BCUT2D eigenvalue weighted by molar-refractivity contribution is 0.0981. The van der Waals surface area contributed by atoms with Gasteiger partial charge in [-0.3, -0.25) is 14.6 Å². The first kappa shape index (κ1) is 17.9. The number of nitrogens with zero attached hydrogens (tertiary/aromatic N) is 2. The first-order chi connectivity index (χ1) is 13.5. The van der Waals surface area contributed by atoms with Crippen molar-refractivity contribution >= 4 is 23.2 Å². The molecule has 4 rings (SSSR count). The summed E-state index contributed by atoms with van der Waals surface area (Å²) in [5.41, 5.74) is 4.66. The summed E-state index contributed by atoms with van der Waals surface area (Å²) < 4.78 is 0. The molecular formula is C23H21N3O2. The number of aromatic nitrogens is 1. The quantitative estimate of drug-likeness (QED) is 0.749. The average molecular weight is 371 g/mol. The average Bonchev–Trinajstić information content (AvgIpc) is 3.05. The van der Waals surface area contributed by atoms with Crippen LogP contribution in [0.2, 0.25) is 0 Å². The SMILES string of the molecule is Cc1ccc(NC(=O)c2cncc(C(=O)N3c4ccccc4CC3C)c2)cc1. The maximum Gasteiger partial charge on any atom is 0.260 e. The number of amides is 2. The van der Waals surface area contributed by atoms with Crippen molar-refractivity contribution in [3.63, 3.8) is 0 Å². The van der Waals surface area contributed by atoms with Gasteiger partial charge in [0.25, 0.3) is 11.8 Å². The van der Waals surface area contributed by atoms with Crippen LogP contribution < -0.4 is 10.2 Å². The van der Waals surface area contributed by atoms with Gasteiger partial charge in [-0.1, -0.05) is 35.9 Å². The van der Waals surface area contributed by atoms with Crippen LogP contribution in [0.3, 0.4) is 0 Å². The summed E-state index contributed by atoms with van der Waals surface area (Å²) in [4.78, 5) is 31.6. The Balaban J connectivity index is 1.57. The largest absolute Gasteiger partial charge is 0.322 e. The second kappa shape index (κ2) is 7.27. The van der Waals surface area contributed by atoms with E-state index in [9.17, 15) is 9.59 Å². The molecule has 2 aromatic carbocycles. The number of benzene rings is 2. The Labute approximate surface area is 164 Å². The van der Waals surface area contributed by atoms with Gasteiger partial charge in [0.05, 0.1) is 11.1 Å². The lowest BCUT2D eigenvalue weighted by Crippen LogP contribution is -2.35. The minimum absolute atomic E-state index is 0.0648. The van der Waals surface area contributed by atoms with Gasteiger partial charge in [-0.05, 0) is 50.1 Å². The van der Waals surface area contributed by atoms with Crippen LogP contribution in [0.4, 0.5) is 11.4 Å². The van der Waals surface area contributed by atoms with Crippen molar-refractivity contribution in [3.8, 4) is 0 Å². The fourth-order valence-electron chi connectivity index (χ4n) is 3.54. The molecule has 0 fully saturated rings. The minimum Gasteiger partial charge on any atom is -0.322 e. The smallest absolute Gasteiger partial charge is 0.260 e. The third kappa shape index (κ3) is 3.39. The zero-order valence-electron chi connectivity index (χ0n) is 15.8. The topological polar surface area (TPSA) is 62.3 Å². The van der Waals surface area contributed by atoms with Gasteiger partial charge in [-0.2, -0.15) is 0 Å². The molecule has 2 amide bonds. The Kier molecular flexibility index (Phi) is 4.65. The molecule has 5 nitrogen and oxygen atoms in total. The Bertz CT molecular complexity index is 1040. The fourth-order valence-corrected chi connectivity index (χ4v) is 3.54. The van der Waals surface area contributed by atoms with E-state index >= 15 is 0 Å². The molecule has 1 aliphatic rings. The number of anilines is 2. The molecule has 28 heavy (non-hydrogen) atoms. The Morgan fingerprint density at radius 1 is 1.04 bits per heavy atom. The van der Waals surface area contributed by atoms with Crippen LogP contribution in [-0.4, -0.2) is 22.8 Å². The Hall–Kier alpha value is -3.47. The number of para-hydroxylation sites is 1. The van der Waals surface area contributed by atoms with Crippen molar-refractivity contribution in [2.75, 3.05) is 10.2 Å². The normalized spacial score (nSPS) is 15.2. The molecule has 0 aliphatic carbocycles. The van der Waals surface area contributed by atoms with E-state index in [4.69, 9.17) is 0 Å². The van der Waals surface area contributed by atoms with E-state index in [1.54, 1.807) is 11.0 Å². The summed E-state index contributed by atoms with van der Waals surface area (Å²) in [6.45, 7) is 4.02. The van der Waals surface area contributed by atoms with Crippen LogP contribution in [0.25, 0.3) is 0 Å². The molecule has 0 spiro atoms. The van der Waals surface area contributed by atoms with Crippen molar-refractivity contribution in [2.45, 2.75) is 26.3 Å². The summed E-state index contributed by atoms with van der Waals surface area (Å²) in [6.07, 6.45) is 3.81. The lowest BCUT2D eigenvalue weighted by Gasteiger charge is -2.22. The number of hydrogen-bond donors (Lipinski definition) is 1. The Morgan fingerprint density at radius 2 is 1.75 bits per heavy atom. The number of carbonyl (C=O) groups is 2. The van der Waals surface area contributed by atoms with E-state index in [0.29, 0.717) is 16.8 Å². The highest BCUT2D eigenvalue weighted by Crippen LogP contribution is 2.33. The standard InChI is InChI=1S/C23H21N3O2/c1-15-7-9-20(10-8-15)25-22(27)18-12-19(14-24-13-18)23(28)26-16(2)11-17-5-3-4-6-21(17)26/h3-10,12-14,16H,11H2,1-2H3,(H,25,27). The van der Waals surface area contributed by atoms with Crippen molar-refractivity contribution in [1.82, 2.24) is 4.98 Å². The predicted molar refractivity (Wildman–Crippen MR) is 110 cm³/mol. The molecule has 1 aromatic heterocycles. The number of nitrogens with one attached hydrogen (secondary N) is 1. The molecule has 1 unspecified atom stereocenters. The van der Waals surface area contributed by atoms with Gasteiger partial charge in [0.15, 0.2) is 0 Å². The number of hydrogen-bond acceptors (Lipinski definition) is 3. The maximum absolute atomic E-state index is 13.1. The molecule has 1 N–H and O–H groups in total. The van der Waals surface area contributed by atoms with Crippen molar-refractivity contribution in [2.24, 2.45) is 0 Å². The van der Waals surface area contributed by atoms with Crippen LogP contribution in [0.1, 0.15) is 38.8 Å². The summed E-state index contributed by atoms with van der Waals surface area (Å²) in [5, 5.41) is 2.84. The molecule has 1 aliphatic heterocycles. The molecular weight excluding hydrogens is 350 g/mol. The monoisotopic (exact) mass is 371 g/mol. The minimum atomic E-state index is -0.291. The van der Waals surface area contributed by atoms with E-state index in [2.05, 4.69) is 10.3 Å². The summed E-state index contributed by atoms with van der Waals surface area (Å²) in [7, 11) is 0. The molecule has 0 saturated heterocycles. The molecule has 140 valence electrons. The summed E-state index contributed by atoms with van der Waals surface area (Å²) in [6, 6.07) is 17.1. The second-order valence-electron chi connectivity index (χ2n) is 7.14. The van der Waals surface area contributed by atoms with E-state index in [-0.39, 0.29) is 17.9 Å². The van der Waals surface area contributed by atoms with Gasteiger partial charge in [-0.25, -0.2) is 0 Å². The first-order valence-corrected chi connectivity index (χ1v) is 9.27. The summed E-state index contributed by atoms with van der Waals surface area (Å²) in [5.74, 6) is -0.434. The van der Waals surface area contributed by atoms with E-state index < -0.39 is 0 Å². The molecule has 2 heterocycles. The van der Waals surface area contributed by atoms with Gasteiger partial charge in [0, 0.05) is 29.8 Å². The van der Waals surface area contributed by atoms with E-state index in [1.165, 1.54) is 12.4 Å². The molecule has 1 atom stereocenters. The third-order valence-electron chi connectivity index (χ3n) is 4.98. The predicted octanol–water partition coefficient (Wildman–Crippen LogP) is 4.23. The fraction of sp³-hybridized carbons (Fsp3) is 0.174. The second-order valence-corrected chi connectivity index (χ2v) is 7.14. The molecule has 3 aromatic rings. The zero-order chi connectivity index (χ0) is 19.7. The first-order valence-electron chi connectivity index (χ1n) is 9.27. The lowest BCUT2D eigenvalue weighted by atomic mass is 10.1. The highest BCUT2D eigenvalue weighted by molar-refractivity contribution is 6.10. The molecule has 0 saturated carbocycles. The van der Waals surface area contributed by atoms with Crippen LogP contribution in [0.15, 0.2) is 67.0 Å². The van der Waals surface area contributed by atoms with Gasteiger partial charge < -0.3 is 10.2 Å². The molecule has 0 bridgehead atoms. The molecule has 0 radical (unpaired) electrons. The van der Waals surface area contributed by atoms with Crippen molar-refractivity contribution < 1.29 is 9.59 Å². The van der Waals surface area contributed by atoms with E-state index in [0.717, 1.165) is 23.2 Å².